The van der Waals surface area contributed by atoms with E-state index >= 15 is 0 Å². The van der Waals surface area contributed by atoms with Crippen molar-refractivity contribution in [2.45, 2.75) is 18.9 Å². The van der Waals surface area contributed by atoms with E-state index in [-0.39, 0.29) is 24.4 Å². The maximum absolute atomic E-state index is 12.3. The predicted molar refractivity (Wildman–Crippen MR) is 76.7 cm³/mol. The van der Waals surface area contributed by atoms with E-state index in [1.54, 1.807) is 17.0 Å². The molecule has 0 aromatic heterocycles. The van der Waals surface area contributed by atoms with Crippen LogP contribution in [0.15, 0.2) is 24.3 Å². The second-order valence-electron chi connectivity index (χ2n) is 4.40. The molecule has 1 amide bonds. The third-order valence-corrected chi connectivity index (χ3v) is 3.57. The lowest BCUT2D eigenvalue weighted by Crippen LogP contribution is -2.46. The van der Waals surface area contributed by atoms with Gasteiger partial charge in [-0.05, 0) is 31.5 Å². The predicted octanol–water partition coefficient (Wildman–Crippen LogP) is 2.59. The highest BCUT2D eigenvalue weighted by Gasteiger charge is 2.23. The molecule has 100 valence electrons. The van der Waals surface area contributed by atoms with E-state index in [2.05, 4.69) is 5.32 Å². The van der Waals surface area contributed by atoms with Gasteiger partial charge >= 0.3 is 0 Å². The van der Waals surface area contributed by atoms with Gasteiger partial charge in [0.25, 0.3) is 5.91 Å². The molecular weight excluding hydrogens is 271 g/mol. The minimum Gasteiger partial charge on any atom is -0.337 e. The molecule has 0 aliphatic carbocycles. The summed E-state index contributed by atoms with van der Waals surface area (Å²) in [5.41, 5.74) is 0.585. The molecule has 1 aromatic rings. The fourth-order valence-electron chi connectivity index (χ4n) is 2.15. The molecule has 1 unspecified atom stereocenters. The van der Waals surface area contributed by atoms with E-state index in [0.717, 1.165) is 25.9 Å². The topological polar surface area (TPSA) is 32.3 Å². The van der Waals surface area contributed by atoms with Crippen molar-refractivity contribution in [1.82, 2.24) is 10.2 Å². The molecule has 3 nitrogen and oxygen atoms in total. The van der Waals surface area contributed by atoms with Crippen molar-refractivity contribution in [3.05, 3.63) is 34.9 Å². The highest BCUT2D eigenvalue weighted by atomic mass is 35.5. The third-order valence-electron chi connectivity index (χ3n) is 3.24. The molecule has 1 fully saturated rings. The lowest BCUT2D eigenvalue weighted by Gasteiger charge is -2.31. The summed E-state index contributed by atoms with van der Waals surface area (Å²) in [6.07, 6.45) is 2.17. The highest BCUT2D eigenvalue weighted by Crippen LogP contribution is 2.19. The normalized spacial score (nSPS) is 18.9. The zero-order valence-electron chi connectivity index (χ0n) is 10.4. The number of nitrogens with one attached hydrogen (secondary N) is 1. The monoisotopic (exact) mass is 288 g/mol. The molecule has 1 aliphatic heterocycles. The van der Waals surface area contributed by atoms with E-state index in [1.165, 1.54) is 0 Å². The number of nitrogens with zero attached hydrogens (tertiary/aromatic N) is 1. The van der Waals surface area contributed by atoms with Crippen molar-refractivity contribution in [2.75, 3.05) is 20.1 Å². The third kappa shape index (κ3) is 3.37. The summed E-state index contributed by atoms with van der Waals surface area (Å²) in [5.74, 6) is 0.00398. The van der Waals surface area contributed by atoms with Gasteiger partial charge in [0, 0.05) is 19.6 Å². The molecule has 1 heterocycles. The molecular formula is C13H18Cl2N2O. The quantitative estimate of drug-likeness (QED) is 0.907. The first kappa shape index (κ1) is 15.3. The van der Waals surface area contributed by atoms with Crippen molar-refractivity contribution in [1.29, 1.82) is 0 Å². The Morgan fingerprint density at radius 1 is 1.44 bits per heavy atom. The Bertz CT molecular complexity index is 406. The van der Waals surface area contributed by atoms with Gasteiger partial charge in [0.05, 0.1) is 10.6 Å². The second kappa shape index (κ2) is 6.98. The van der Waals surface area contributed by atoms with Crippen LogP contribution in [0.5, 0.6) is 0 Å². The van der Waals surface area contributed by atoms with Gasteiger partial charge in [-0.1, -0.05) is 23.7 Å². The second-order valence-corrected chi connectivity index (χ2v) is 4.80. The zero-order valence-corrected chi connectivity index (χ0v) is 11.9. The molecule has 0 spiro atoms. The van der Waals surface area contributed by atoms with Crippen LogP contribution in [0.25, 0.3) is 0 Å². The van der Waals surface area contributed by atoms with Crippen molar-refractivity contribution in [2.24, 2.45) is 0 Å². The first-order chi connectivity index (χ1) is 8.20. The zero-order chi connectivity index (χ0) is 12.3. The number of halogens is 2. The number of hydrogen-bond acceptors (Lipinski definition) is 2. The van der Waals surface area contributed by atoms with Gasteiger partial charge in [-0.15, -0.1) is 12.4 Å². The van der Waals surface area contributed by atoms with E-state index in [0.29, 0.717) is 10.6 Å². The van der Waals surface area contributed by atoms with E-state index in [4.69, 9.17) is 11.6 Å². The fraction of sp³-hybridized carbons (Fsp3) is 0.462. The SMILES string of the molecule is CN(C(=O)c1ccccc1Cl)C1CCCNC1.Cl. The lowest BCUT2D eigenvalue weighted by molar-refractivity contribution is 0.0708. The highest BCUT2D eigenvalue weighted by molar-refractivity contribution is 6.33. The van der Waals surface area contributed by atoms with Gasteiger partial charge in [-0.2, -0.15) is 0 Å². The van der Waals surface area contributed by atoms with Crippen LogP contribution in [-0.2, 0) is 0 Å². The molecule has 1 aliphatic rings. The summed E-state index contributed by atoms with van der Waals surface area (Å²) < 4.78 is 0. The Morgan fingerprint density at radius 2 is 2.17 bits per heavy atom. The summed E-state index contributed by atoms with van der Waals surface area (Å²) >= 11 is 6.04. The van der Waals surface area contributed by atoms with E-state index in [1.807, 2.05) is 19.2 Å². The van der Waals surface area contributed by atoms with Crippen LogP contribution in [0.3, 0.4) is 0 Å². The Morgan fingerprint density at radius 3 is 2.78 bits per heavy atom. The molecule has 0 bridgehead atoms. The molecule has 1 atom stereocenters. The van der Waals surface area contributed by atoms with Gasteiger partial charge in [0.15, 0.2) is 0 Å². The molecule has 1 N–H and O–H groups in total. The van der Waals surface area contributed by atoms with E-state index in [9.17, 15) is 4.79 Å². The summed E-state index contributed by atoms with van der Waals surface area (Å²) in [6.45, 7) is 1.91. The first-order valence-corrected chi connectivity index (χ1v) is 6.30. The van der Waals surface area contributed by atoms with Crippen LogP contribution in [-0.4, -0.2) is 37.0 Å². The molecule has 0 radical (unpaired) electrons. The van der Waals surface area contributed by atoms with Gasteiger partial charge in [0.1, 0.15) is 0 Å². The summed E-state index contributed by atoms with van der Waals surface area (Å²) in [5, 5.41) is 3.83. The van der Waals surface area contributed by atoms with Crippen LogP contribution in [0, 0.1) is 0 Å². The largest absolute Gasteiger partial charge is 0.337 e. The number of carbonyl (C=O) groups is 1. The van der Waals surface area contributed by atoms with Crippen LogP contribution in [0.4, 0.5) is 0 Å². The molecule has 1 aromatic carbocycles. The van der Waals surface area contributed by atoms with E-state index < -0.39 is 0 Å². The minimum atomic E-state index is 0. The number of benzene rings is 1. The number of hydrogen-bond donors (Lipinski definition) is 1. The minimum absolute atomic E-state index is 0. The fourth-order valence-corrected chi connectivity index (χ4v) is 2.37. The Hall–Kier alpha value is -0.770. The maximum Gasteiger partial charge on any atom is 0.255 e. The average molecular weight is 289 g/mol. The van der Waals surface area contributed by atoms with Crippen LogP contribution < -0.4 is 5.32 Å². The number of amides is 1. The first-order valence-electron chi connectivity index (χ1n) is 5.92. The lowest BCUT2D eigenvalue weighted by atomic mass is 10.1. The van der Waals surface area contributed by atoms with Crippen molar-refractivity contribution < 1.29 is 4.79 Å². The number of likely N-dealkylation sites (N-methyl/N-ethyl adjacent to an activating group) is 1. The van der Waals surface area contributed by atoms with Gasteiger partial charge in [-0.25, -0.2) is 0 Å². The molecule has 0 saturated carbocycles. The summed E-state index contributed by atoms with van der Waals surface area (Å²) in [6, 6.07) is 7.47. The number of piperidine rings is 1. The molecule has 5 heteroatoms. The van der Waals surface area contributed by atoms with Crippen LogP contribution in [0.1, 0.15) is 23.2 Å². The smallest absolute Gasteiger partial charge is 0.255 e. The van der Waals surface area contributed by atoms with Crippen molar-refractivity contribution >= 4 is 29.9 Å². The van der Waals surface area contributed by atoms with Gasteiger partial charge < -0.3 is 10.2 Å². The summed E-state index contributed by atoms with van der Waals surface area (Å²) in [4.78, 5) is 14.1. The number of rotatable bonds is 2. The van der Waals surface area contributed by atoms with Crippen LogP contribution in [0.2, 0.25) is 5.02 Å². The molecule has 1 saturated heterocycles. The number of carbonyl (C=O) groups excluding carboxylic acids is 1. The molecule has 18 heavy (non-hydrogen) atoms. The van der Waals surface area contributed by atoms with Crippen molar-refractivity contribution in [3.63, 3.8) is 0 Å². The van der Waals surface area contributed by atoms with Crippen LogP contribution >= 0.6 is 24.0 Å². The maximum atomic E-state index is 12.3. The van der Waals surface area contributed by atoms with Gasteiger partial charge in [0.2, 0.25) is 0 Å². The van der Waals surface area contributed by atoms with Gasteiger partial charge in [-0.3, -0.25) is 4.79 Å². The molecule has 2 rings (SSSR count). The summed E-state index contributed by atoms with van der Waals surface area (Å²) in [7, 11) is 1.85. The average Bonchev–Trinajstić information content (AvgIpc) is 2.39. The Balaban J connectivity index is 0.00000162. The van der Waals surface area contributed by atoms with Crippen molar-refractivity contribution in [3.8, 4) is 0 Å². The standard InChI is InChI=1S/C13H17ClN2O.ClH/c1-16(10-5-4-8-15-9-10)13(17)11-6-2-3-7-12(11)14;/h2-3,6-7,10,15H,4-5,8-9H2,1H3;1H. The Kier molecular flexibility index (Phi) is 5.93. The Labute approximate surface area is 119 Å².